The van der Waals surface area contributed by atoms with Gasteiger partial charge in [-0.1, -0.05) is 36.3 Å². The van der Waals surface area contributed by atoms with Crippen LogP contribution in [-0.4, -0.2) is 75.2 Å². The van der Waals surface area contributed by atoms with Crippen LogP contribution < -0.4 is 0 Å². The van der Waals surface area contributed by atoms with E-state index in [1.165, 1.54) is 18.4 Å². The maximum Gasteiger partial charge on any atom is 0.180 e. The maximum absolute atomic E-state index is 5.56. The fourth-order valence-corrected chi connectivity index (χ4v) is 3.89. The molecule has 1 aromatic carbocycles. The summed E-state index contributed by atoms with van der Waals surface area (Å²) >= 11 is 0. The van der Waals surface area contributed by atoms with Crippen molar-refractivity contribution in [3.8, 4) is 11.8 Å². The van der Waals surface area contributed by atoms with Gasteiger partial charge in [-0.15, -0.1) is 5.92 Å². The van der Waals surface area contributed by atoms with E-state index < -0.39 is 0 Å². The third kappa shape index (κ3) is 9.16. The van der Waals surface area contributed by atoms with Gasteiger partial charge in [-0.05, 0) is 51.8 Å². The number of hydrogen-bond donors (Lipinski definition) is 0. The Kier molecular flexibility index (Phi) is 12.1. The second-order valence-electron chi connectivity index (χ2n) is 8.19. The highest BCUT2D eigenvalue weighted by Crippen LogP contribution is 2.20. The van der Waals surface area contributed by atoms with Gasteiger partial charge < -0.3 is 14.2 Å². The van der Waals surface area contributed by atoms with Gasteiger partial charge in [0, 0.05) is 45.9 Å². The Morgan fingerprint density at radius 3 is 2.40 bits per heavy atom. The van der Waals surface area contributed by atoms with Gasteiger partial charge in [0.15, 0.2) is 6.29 Å². The molecule has 0 saturated carbocycles. The molecule has 0 radical (unpaired) electrons. The minimum absolute atomic E-state index is 0.283. The number of methoxy groups -OCH3 is 2. The van der Waals surface area contributed by atoms with Crippen molar-refractivity contribution < 1.29 is 14.2 Å². The van der Waals surface area contributed by atoms with E-state index in [9.17, 15) is 0 Å². The quantitative estimate of drug-likeness (QED) is 0.294. The largest absolute Gasteiger partial charge is 0.376 e. The summed E-state index contributed by atoms with van der Waals surface area (Å²) in [6, 6.07) is 11.9. The van der Waals surface area contributed by atoms with E-state index in [2.05, 4.69) is 65.8 Å². The SMILES string of the molecule is COC(COCCCC#CCN(C(C)C)C1CCN(Cc2ccccc2)CC1)OC. The number of piperidine rings is 1. The fourth-order valence-electron chi connectivity index (χ4n) is 3.89. The summed E-state index contributed by atoms with van der Waals surface area (Å²) in [6.45, 7) is 9.97. The highest BCUT2D eigenvalue weighted by atomic mass is 16.7. The van der Waals surface area contributed by atoms with E-state index in [1.807, 2.05) is 0 Å². The molecule has 0 N–H and O–H groups in total. The summed E-state index contributed by atoms with van der Waals surface area (Å²) in [5.74, 6) is 6.72. The second-order valence-corrected chi connectivity index (χ2v) is 8.19. The van der Waals surface area contributed by atoms with Crippen LogP contribution in [0.3, 0.4) is 0 Å². The van der Waals surface area contributed by atoms with Crippen molar-refractivity contribution in [2.45, 2.75) is 64.4 Å². The van der Waals surface area contributed by atoms with Gasteiger partial charge in [0.25, 0.3) is 0 Å². The van der Waals surface area contributed by atoms with Gasteiger partial charge in [0.1, 0.15) is 0 Å². The number of rotatable bonds is 12. The van der Waals surface area contributed by atoms with Gasteiger partial charge in [-0.2, -0.15) is 0 Å². The number of nitrogens with zero attached hydrogens (tertiary/aromatic N) is 2. The molecule has 1 saturated heterocycles. The fraction of sp³-hybridized carbons (Fsp3) is 0.680. The van der Waals surface area contributed by atoms with Crippen LogP contribution in [0.2, 0.25) is 0 Å². The van der Waals surface area contributed by atoms with Crippen molar-refractivity contribution >= 4 is 0 Å². The first kappa shape index (κ1) is 24.8. The third-order valence-electron chi connectivity index (χ3n) is 5.70. The first-order valence-corrected chi connectivity index (χ1v) is 11.2. The normalized spacial score (nSPS) is 15.7. The number of likely N-dealkylation sites (tertiary alicyclic amines) is 1. The molecule has 1 aliphatic heterocycles. The first-order valence-electron chi connectivity index (χ1n) is 11.2. The molecule has 1 aliphatic rings. The summed E-state index contributed by atoms with van der Waals surface area (Å²) in [6.07, 6.45) is 3.97. The molecule has 168 valence electrons. The molecule has 0 unspecified atom stereocenters. The van der Waals surface area contributed by atoms with Gasteiger partial charge in [0.05, 0.1) is 13.2 Å². The molecule has 0 atom stereocenters. The van der Waals surface area contributed by atoms with Gasteiger partial charge >= 0.3 is 0 Å². The Morgan fingerprint density at radius 2 is 1.77 bits per heavy atom. The molecule has 5 heteroatoms. The number of benzene rings is 1. The lowest BCUT2D eigenvalue weighted by atomic mass is 10.0. The van der Waals surface area contributed by atoms with Crippen LogP contribution in [0.15, 0.2) is 30.3 Å². The number of hydrogen-bond acceptors (Lipinski definition) is 5. The van der Waals surface area contributed by atoms with Crippen molar-refractivity contribution in [1.29, 1.82) is 0 Å². The molecule has 0 aromatic heterocycles. The van der Waals surface area contributed by atoms with Crippen LogP contribution in [0.1, 0.15) is 45.1 Å². The second kappa shape index (κ2) is 14.6. The van der Waals surface area contributed by atoms with Crippen LogP contribution in [-0.2, 0) is 20.8 Å². The zero-order valence-corrected chi connectivity index (χ0v) is 19.3. The minimum Gasteiger partial charge on any atom is -0.376 e. The van der Waals surface area contributed by atoms with E-state index in [-0.39, 0.29) is 6.29 Å². The molecule has 30 heavy (non-hydrogen) atoms. The van der Waals surface area contributed by atoms with Crippen LogP contribution in [0.4, 0.5) is 0 Å². The highest BCUT2D eigenvalue weighted by Gasteiger charge is 2.25. The van der Waals surface area contributed by atoms with Crippen molar-refractivity contribution in [2.24, 2.45) is 0 Å². The smallest absolute Gasteiger partial charge is 0.180 e. The van der Waals surface area contributed by atoms with E-state index in [4.69, 9.17) is 14.2 Å². The predicted octanol–water partition coefficient (Wildman–Crippen LogP) is 3.78. The van der Waals surface area contributed by atoms with Crippen molar-refractivity contribution in [2.75, 3.05) is 47.1 Å². The summed E-state index contributed by atoms with van der Waals surface area (Å²) < 4.78 is 15.8. The minimum atomic E-state index is -0.283. The average molecular weight is 417 g/mol. The topological polar surface area (TPSA) is 34.2 Å². The highest BCUT2D eigenvalue weighted by molar-refractivity contribution is 5.14. The average Bonchev–Trinajstić information content (AvgIpc) is 2.76. The van der Waals surface area contributed by atoms with Gasteiger partial charge in [-0.25, -0.2) is 0 Å². The van der Waals surface area contributed by atoms with Gasteiger partial charge in [0.2, 0.25) is 0 Å². The lowest BCUT2D eigenvalue weighted by Gasteiger charge is -2.39. The number of ether oxygens (including phenoxy) is 3. The van der Waals surface area contributed by atoms with E-state index in [1.54, 1.807) is 14.2 Å². The Morgan fingerprint density at radius 1 is 1.07 bits per heavy atom. The molecular weight excluding hydrogens is 376 g/mol. The molecule has 0 bridgehead atoms. The monoisotopic (exact) mass is 416 g/mol. The van der Waals surface area contributed by atoms with E-state index in [0.29, 0.717) is 25.3 Å². The summed E-state index contributed by atoms with van der Waals surface area (Å²) in [7, 11) is 3.24. The molecule has 1 heterocycles. The predicted molar refractivity (Wildman–Crippen MR) is 122 cm³/mol. The van der Waals surface area contributed by atoms with E-state index >= 15 is 0 Å². The molecule has 0 spiro atoms. The number of unbranched alkanes of at least 4 members (excludes halogenated alkanes) is 1. The van der Waals surface area contributed by atoms with Gasteiger partial charge in [-0.3, -0.25) is 9.80 Å². The van der Waals surface area contributed by atoms with Crippen LogP contribution in [0, 0.1) is 11.8 Å². The Bertz CT molecular complexity index is 614. The molecule has 1 fully saturated rings. The molecule has 1 aromatic rings. The van der Waals surface area contributed by atoms with Crippen molar-refractivity contribution in [3.05, 3.63) is 35.9 Å². The lowest BCUT2D eigenvalue weighted by molar-refractivity contribution is -0.140. The first-order chi connectivity index (χ1) is 14.6. The van der Waals surface area contributed by atoms with Crippen LogP contribution in [0.5, 0.6) is 0 Å². The standard InChI is InChI=1S/C25H40N2O3/c1-22(2)27(16-10-5-6-11-19-30-21-25(28-3)29-4)24-14-17-26(18-15-24)20-23-12-8-7-9-13-23/h7-9,12-13,22,24-25H,6,11,14-21H2,1-4H3. The Labute approximate surface area is 183 Å². The zero-order chi connectivity index (χ0) is 21.6. The van der Waals surface area contributed by atoms with Crippen LogP contribution in [0.25, 0.3) is 0 Å². The maximum atomic E-state index is 5.56. The molecule has 0 aliphatic carbocycles. The lowest BCUT2D eigenvalue weighted by Crippen LogP contribution is -2.47. The van der Waals surface area contributed by atoms with Crippen molar-refractivity contribution in [1.82, 2.24) is 9.80 Å². The molecular formula is C25H40N2O3. The Balaban J connectivity index is 1.66. The summed E-state index contributed by atoms with van der Waals surface area (Å²) in [5, 5.41) is 0. The summed E-state index contributed by atoms with van der Waals surface area (Å²) in [5.41, 5.74) is 1.41. The Hall–Kier alpha value is -1.42. The molecule has 0 amide bonds. The van der Waals surface area contributed by atoms with E-state index in [0.717, 1.165) is 39.0 Å². The van der Waals surface area contributed by atoms with Crippen LogP contribution >= 0.6 is 0 Å². The summed E-state index contributed by atoms with van der Waals surface area (Å²) in [4.78, 5) is 5.15. The zero-order valence-electron chi connectivity index (χ0n) is 19.3. The third-order valence-corrected chi connectivity index (χ3v) is 5.70. The molecule has 5 nitrogen and oxygen atoms in total. The molecule has 2 rings (SSSR count). The van der Waals surface area contributed by atoms with Crippen molar-refractivity contribution in [3.63, 3.8) is 0 Å².